The second-order valence-electron chi connectivity index (χ2n) is 4.78. The summed E-state index contributed by atoms with van der Waals surface area (Å²) in [6.07, 6.45) is 0. The van der Waals surface area contributed by atoms with E-state index in [0.29, 0.717) is 6.61 Å². The standard InChI is InChI=1S/C12H16FNO/c1-12(2,3)14-6-7-15-11-5-4-9(13)8-10(11)14/h4-5,8H,6-7H2,1-3H3. The zero-order chi connectivity index (χ0) is 11.1. The van der Waals surface area contributed by atoms with Crippen molar-refractivity contribution in [1.29, 1.82) is 0 Å². The van der Waals surface area contributed by atoms with Crippen LogP contribution in [0, 0.1) is 5.82 Å². The molecule has 1 aromatic carbocycles. The van der Waals surface area contributed by atoms with Gasteiger partial charge in [-0.15, -0.1) is 0 Å². The average molecular weight is 209 g/mol. The van der Waals surface area contributed by atoms with E-state index in [-0.39, 0.29) is 11.4 Å². The first-order valence-electron chi connectivity index (χ1n) is 5.18. The third-order valence-corrected chi connectivity index (χ3v) is 2.59. The molecule has 2 nitrogen and oxygen atoms in total. The molecule has 0 amide bonds. The highest BCUT2D eigenvalue weighted by Gasteiger charge is 2.27. The van der Waals surface area contributed by atoms with Gasteiger partial charge in [-0.2, -0.15) is 0 Å². The summed E-state index contributed by atoms with van der Waals surface area (Å²) in [4.78, 5) is 2.18. The summed E-state index contributed by atoms with van der Waals surface area (Å²) >= 11 is 0. The van der Waals surface area contributed by atoms with Crippen LogP contribution in [0.3, 0.4) is 0 Å². The van der Waals surface area contributed by atoms with Crippen molar-refractivity contribution in [3.63, 3.8) is 0 Å². The Morgan fingerprint density at radius 2 is 2.07 bits per heavy atom. The number of hydrogen-bond acceptors (Lipinski definition) is 2. The molecular formula is C12H16FNO. The van der Waals surface area contributed by atoms with Gasteiger partial charge in [0, 0.05) is 11.6 Å². The SMILES string of the molecule is CC(C)(C)N1CCOc2ccc(F)cc21. The van der Waals surface area contributed by atoms with Gasteiger partial charge in [-0.1, -0.05) is 0 Å². The molecule has 0 unspecified atom stereocenters. The van der Waals surface area contributed by atoms with E-state index < -0.39 is 0 Å². The summed E-state index contributed by atoms with van der Waals surface area (Å²) in [5, 5.41) is 0. The molecule has 15 heavy (non-hydrogen) atoms. The Kier molecular flexibility index (Phi) is 2.33. The predicted octanol–water partition coefficient (Wildman–Crippen LogP) is 2.82. The number of halogens is 1. The van der Waals surface area contributed by atoms with E-state index in [1.54, 1.807) is 12.1 Å². The van der Waals surface area contributed by atoms with Crippen LogP contribution in [-0.4, -0.2) is 18.7 Å². The van der Waals surface area contributed by atoms with Crippen LogP contribution in [0.5, 0.6) is 5.75 Å². The maximum Gasteiger partial charge on any atom is 0.142 e. The van der Waals surface area contributed by atoms with Crippen LogP contribution in [0.15, 0.2) is 18.2 Å². The Labute approximate surface area is 89.7 Å². The molecule has 3 heteroatoms. The fourth-order valence-corrected chi connectivity index (χ4v) is 1.89. The maximum atomic E-state index is 13.2. The monoisotopic (exact) mass is 209 g/mol. The number of nitrogens with zero attached hydrogens (tertiary/aromatic N) is 1. The highest BCUT2D eigenvalue weighted by atomic mass is 19.1. The fourth-order valence-electron chi connectivity index (χ4n) is 1.89. The Bertz CT molecular complexity index is 370. The van der Waals surface area contributed by atoms with Crippen molar-refractivity contribution in [1.82, 2.24) is 0 Å². The highest BCUT2D eigenvalue weighted by molar-refractivity contribution is 5.61. The Morgan fingerprint density at radius 1 is 1.33 bits per heavy atom. The van der Waals surface area contributed by atoms with Gasteiger partial charge in [0.15, 0.2) is 0 Å². The van der Waals surface area contributed by atoms with Gasteiger partial charge in [-0.25, -0.2) is 4.39 Å². The van der Waals surface area contributed by atoms with E-state index in [1.165, 1.54) is 6.07 Å². The van der Waals surface area contributed by atoms with Gasteiger partial charge in [0.25, 0.3) is 0 Å². The van der Waals surface area contributed by atoms with Crippen molar-refractivity contribution < 1.29 is 9.13 Å². The first-order chi connectivity index (χ1) is 6.98. The van der Waals surface area contributed by atoms with Crippen molar-refractivity contribution in [2.75, 3.05) is 18.1 Å². The van der Waals surface area contributed by atoms with Gasteiger partial charge in [0.2, 0.25) is 0 Å². The number of anilines is 1. The van der Waals surface area contributed by atoms with E-state index in [0.717, 1.165) is 18.0 Å². The number of benzene rings is 1. The molecule has 0 fully saturated rings. The van der Waals surface area contributed by atoms with E-state index in [2.05, 4.69) is 25.7 Å². The third kappa shape index (κ3) is 1.91. The molecule has 0 saturated carbocycles. The molecule has 1 aromatic rings. The second kappa shape index (κ2) is 3.40. The van der Waals surface area contributed by atoms with Gasteiger partial charge < -0.3 is 9.64 Å². The summed E-state index contributed by atoms with van der Waals surface area (Å²) in [7, 11) is 0. The third-order valence-electron chi connectivity index (χ3n) is 2.59. The van der Waals surface area contributed by atoms with E-state index in [1.807, 2.05) is 0 Å². The van der Waals surface area contributed by atoms with Crippen molar-refractivity contribution in [2.24, 2.45) is 0 Å². The lowest BCUT2D eigenvalue weighted by Crippen LogP contribution is -2.46. The van der Waals surface area contributed by atoms with Crippen LogP contribution < -0.4 is 9.64 Å². The Morgan fingerprint density at radius 3 is 2.73 bits per heavy atom. The van der Waals surface area contributed by atoms with Crippen LogP contribution >= 0.6 is 0 Å². The summed E-state index contributed by atoms with van der Waals surface area (Å²) < 4.78 is 18.7. The van der Waals surface area contributed by atoms with Gasteiger partial charge in [-0.05, 0) is 32.9 Å². The van der Waals surface area contributed by atoms with Crippen LogP contribution in [0.4, 0.5) is 10.1 Å². The lowest BCUT2D eigenvalue weighted by atomic mass is 10.0. The minimum absolute atomic E-state index is 0.00762. The number of fused-ring (bicyclic) bond motifs is 1. The van der Waals surface area contributed by atoms with Gasteiger partial charge in [0.1, 0.15) is 18.2 Å². The lowest BCUT2D eigenvalue weighted by Gasteiger charge is -2.41. The number of rotatable bonds is 0. The molecule has 1 aliphatic heterocycles. The summed E-state index contributed by atoms with van der Waals surface area (Å²) in [6, 6.07) is 4.67. The molecule has 0 radical (unpaired) electrons. The summed E-state index contributed by atoms with van der Waals surface area (Å²) in [6.45, 7) is 7.82. The van der Waals surface area contributed by atoms with E-state index in [4.69, 9.17) is 4.74 Å². The largest absolute Gasteiger partial charge is 0.490 e. The fraction of sp³-hybridized carbons (Fsp3) is 0.500. The topological polar surface area (TPSA) is 12.5 Å². The zero-order valence-corrected chi connectivity index (χ0v) is 9.38. The number of ether oxygens (including phenoxy) is 1. The smallest absolute Gasteiger partial charge is 0.142 e. The highest BCUT2D eigenvalue weighted by Crippen LogP contribution is 2.36. The average Bonchev–Trinajstić information content (AvgIpc) is 2.15. The van der Waals surface area contributed by atoms with E-state index >= 15 is 0 Å². The molecule has 2 rings (SSSR count). The molecule has 0 bridgehead atoms. The van der Waals surface area contributed by atoms with Gasteiger partial charge in [-0.3, -0.25) is 0 Å². The molecule has 1 heterocycles. The van der Waals surface area contributed by atoms with Crippen molar-refractivity contribution in [3.05, 3.63) is 24.0 Å². The molecule has 0 saturated heterocycles. The van der Waals surface area contributed by atoms with Crippen LogP contribution in [0.25, 0.3) is 0 Å². The molecule has 0 spiro atoms. The number of hydrogen-bond donors (Lipinski definition) is 0. The van der Waals surface area contributed by atoms with Crippen molar-refractivity contribution >= 4 is 5.69 Å². The van der Waals surface area contributed by atoms with Crippen LogP contribution in [0.2, 0.25) is 0 Å². The maximum absolute atomic E-state index is 13.2. The minimum Gasteiger partial charge on any atom is -0.490 e. The first-order valence-corrected chi connectivity index (χ1v) is 5.18. The first kappa shape index (κ1) is 10.3. The lowest BCUT2D eigenvalue weighted by molar-refractivity contribution is 0.289. The van der Waals surface area contributed by atoms with Crippen LogP contribution in [-0.2, 0) is 0 Å². The predicted molar refractivity (Wildman–Crippen MR) is 59.0 cm³/mol. The molecular weight excluding hydrogens is 193 g/mol. The Balaban J connectivity index is 2.45. The second-order valence-corrected chi connectivity index (χ2v) is 4.78. The quantitative estimate of drug-likeness (QED) is 0.651. The molecule has 0 aliphatic carbocycles. The Hall–Kier alpha value is -1.25. The molecule has 0 N–H and O–H groups in total. The van der Waals surface area contributed by atoms with Crippen molar-refractivity contribution in [2.45, 2.75) is 26.3 Å². The summed E-state index contributed by atoms with van der Waals surface area (Å²) in [5.74, 6) is 0.561. The molecule has 0 aromatic heterocycles. The zero-order valence-electron chi connectivity index (χ0n) is 9.38. The molecule has 82 valence electrons. The molecule has 1 aliphatic rings. The van der Waals surface area contributed by atoms with Crippen molar-refractivity contribution in [3.8, 4) is 5.75 Å². The molecule has 0 atom stereocenters. The normalized spacial score (nSPS) is 15.9. The van der Waals surface area contributed by atoms with Crippen LogP contribution in [0.1, 0.15) is 20.8 Å². The summed E-state index contributed by atoms with van der Waals surface area (Å²) in [5.41, 5.74) is 0.848. The van der Waals surface area contributed by atoms with E-state index in [9.17, 15) is 4.39 Å². The minimum atomic E-state index is -0.214. The van der Waals surface area contributed by atoms with Gasteiger partial charge >= 0.3 is 0 Å². The van der Waals surface area contributed by atoms with Gasteiger partial charge in [0.05, 0.1) is 12.2 Å².